The summed E-state index contributed by atoms with van der Waals surface area (Å²) in [5, 5.41) is 12.0. The average Bonchev–Trinajstić information content (AvgIpc) is 3.02. The van der Waals surface area contributed by atoms with Gasteiger partial charge >= 0.3 is 0 Å². The predicted octanol–water partition coefficient (Wildman–Crippen LogP) is 2.32. The first-order valence-electron chi connectivity index (χ1n) is 6.68. The van der Waals surface area contributed by atoms with E-state index in [1.54, 1.807) is 0 Å². The van der Waals surface area contributed by atoms with Crippen molar-refractivity contribution in [1.29, 1.82) is 0 Å². The van der Waals surface area contributed by atoms with E-state index in [0.717, 1.165) is 11.0 Å². The van der Waals surface area contributed by atoms with Gasteiger partial charge in [0.2, 0.25) is 5.91 Å². The molecule has 106 valence electrons. The van der Waals surface area contributed by atoms with E-state index in [1.807, 2.05) is 34.6 Å². The molecule has 0 spiro atoms. The van der Waals surface area contributed by atoms with Crippen LogP contribution < -0.4 is 5.32 Å². The highest BCUT2D eigenvalue weighted by atomic mass is 32.2. The zero-order valence-corrected chi connectivity index (χ0v) is 13.0. The second kappa shape index (κ2) is 5.15. The van der Waals surface area contributed by atoms with Gasteiger partial charge < -0.3 is 9.88 Å². The van der Waals surface area contributed by atoms with Crippen molar-refractivity contribution in [3.63, 3.8) is 0 Å². The zero-order valence-electron chi connectivity index (χ0n) is 12.2. The average molecular weight is 282 g/mol. The second-order valence-electron chi connectivity index (χ2n) is 6.13. The van der Waals surface area contributed by atoms with E-state index in [4.69, 9.17) is 0 Å². The minimum Gasteiger partial charge on any atom is -0.351 e. The first kappa shape index (κ1) is 14.4. The van der Waals surface area contributed by atoms with Crippen molar-refractivity contribution in [2.45, 2.75) is 69.4 Å². The summed E-state index contributed by atoms with van der Waals surface area (Å²) in [6.07, 6.45) is 2.38. The maximum absolute atomic E-state index is 12.1. The molecule has 1 atom stereocenters. The first-order chi connectivity index (χ1) is 8.78. The number of thioether (sulfide) groups is 1. The Balaban J connectivity index is 2.03. The monoisotopic (exact) mass is 282 g/mol. The SMILES string of the molecule is Cc1nnc(S[C@H](C)C(=O)NC(C)(C)C)n1C1CC1. The molecule has 1 heterocycles. The van der Waals surface area contributed by atoms with E-state index in [-0.39, 0.29) is 16.7 Å². The molecule has 1 fully saturated rings. The van der Waals surface area contributed by atoms with Crippen molar-refractivity contribution in [1.82, 2.24) is 20.1 Å². The quantitative estimate of drug-likeness (QED) is 0.861. The van der Waals surface area contributed by atoms with Gasteiger partial charge in [-0.25, -0.2) is 0 Å². The van der Waals surface area contributed by atoms with Crippen LogP contribution in [0.15, 0.2) is 5.16 Å². The lowest BCUT2D eigenvalue weighted by molar-refractivity contribution is -0.121. The largest absolute Gasteiger partial charge is 0.351 e. The summed E-state index contributed by atoms with van der Waals surface area (Å²) in [6.45, 7) is 9.83. The second-order valence-corrected chi connectivity index (χ2v) is 7.44. The van der Waals surface area contributed by atoms with Crippen molar-refractivity contribution >= 4 is 17.7 Å². The number of carbonyl (C=O) groups excluding carboxylic acids is 1. The minimum atomic E-state index is -0.202. The van der Waals surface area contributed by atoms with Crippen LogP contribution in [-0.4, -0.2) is 31.5 Å². The van der Waals surface area contributed by atoms with Gasteiger partial charge in [-0.05, 0) is 47.5 Å². The molecule has 1 saturated carbocycles. The molecule has 2 rings (SSSR count). The lowest BCUT2D eigenvalue weighted by atomic mass is 10.1. The van der Waals surface area contributed by atoms with Crippen molar-refractivity contribution in [3.8, 4) is 0 Å². The molecule has 5 nitrogen and oxygen atoms in total. The molecule has 0 aromatic carbocycles. The van der Waals surface area contributed by atoms with Gasteiger partial charge in [-0.1, -0.05) is 11.8 Å². The Hall–Kier alpha value is -1.04. The number of hydrogen-bond donors (Lipinski definition) is 1. The standard InChI is InChI=1S/C13H22N4OS/c1-8(11(18)14-13(3,4)5)19-12-16-15-9(2)17(12)10-6-7-10/h8,10H,6-7H2,1-5H3,(H,14,18)/t8-/m1/s1. The van der Waals surface area contributed by atoms with E-state index in [1.165, 1.54) is 24.6 Å². The Bertz CT molecular complexity index is 473. The molecular weight excluding hydrogens is 260 g/mol. The molecule has 0 aliphatic heterocycles. The summed E-state index contributed by atoms with van der Waals surface area (Å²) in [6, 6.07) is 0.537. The van der Waals surface area contributed by atoms with Crippen LogP contribution in [0.25, 0.3) is 0 Å². The highest BCUT2D eigenvalue weighted by Crippen LogP contribution is 2.39. The summed E-state index contributed by atoms with van der Waals surface area (Å²) in [7, 11) is 0. The minimum absolute atomic E-state index is 0.0421. The highest BCUT2D eigenvalue weighted by molar-refractivity contribution is 8.00. The van der Waals surface area contributed by atoms with Crippen LogP contribution >= 0.6 is 11.8 Å². The van der Waals surface area contributed by atoms with Crippen LogP contribution in [0.1, 0.15) is 52.4 Å². The fourth-order valence-corrected chi connectivity index (χ4v) is 2.83. The van der Waals surface area contributed by atoms with Gasteiger partial charge in [-0.3, -0.25) is 4.79 Å². The van der Waals surface area contributed by atoms with Crippen LogP contribution in [0.4, 0.5) is 0 Å². The third kappa shape index (κ3) is 3.72. The van der Waals surface area contributed by atoms with Crippen LogP contribution in [0.2, 0.25) is 0 Å². The summed E-state index contributed by atoms with van der Waals surface area (Å²) in [5.41, 5.74) is -0.202. The third-order valence-corrected chi connectivity index (χ3v) is 3.95. The van der Waals surface area contributed by atoms with Gasteiger partial charge in [0.05, 0.1) is 5.25 Å². The van der Waals surface area contributed by atoms with Crippen LogP contribution in [-0.2, 0) is 4.79 Å². The van der Waals surface area contributed by atoms with Gasteiger partial charge in [0.15, 0.2) is 5.16 Å². The molecule has 1 aliphatic rings. The zero-order chi connectivity index (χ0) is 14.2. The fourth-order valence-electron chi connectivity index (χ4n) is 1.87. The molecule has 1 aliphatic carbocycles. The number of aromatic nitrogens is 3. The fraction of sp³-hybridized carbons (Fsp3) is 0.769. The summed E-state index contributed by atoms with van der Waals surface area (Å²) < 4.78 is 2.16. The smallest absolute Gasteiger partial charge is 0.233 e. The normalized spacial score (nSPS) is 17.3. The van der Waals surface area contributed by atoms with Gasteiger partial charge in [-0.15, -0.1) is 10.2 Å². The number of nitrogens with one attached hydrogen (secondary N) is 1. The van der Waals surface area contributed by atoms with Gasteiger partial charge in [-0.2, -0.15) is 0 Å². The Morgan fingerprint density at radius 2 is 2.05 bits per heavy atom. The Kier molecular flexibility index (Phi) is 3.90. The van der Waals surface area contributed by atoms with Gasteiger partial charge in [0.25, 0.3) is 0 Å². The number of aryl methyl sites for hydroxylation is 1. The number of rotatable bonds is 4. The number of carbonyl (C=O) groups is 1. The molecule has 19 heavy (non-hydrogen) atoms. The molecule has 0 radical (unpaired) electrons. The lowest BCUT2D eigenvalue weighted by Crippen LogP contribution is -2.44. The van der Waals surface area contributed by atoms with Crippen molar-refractivity contribution in [2.75, 3.05) is 0 Å². The molecule has 0 bridgehead atoms. The van der Waals surface area contributed by atoms with E-state index in [2.05, 4.69) is 20.1 Å². The van der Waals surface area contributed by atoms with Crippen molar-refractivity contribution in [3.05, 3.63) is 5.82 Å². The van der Waals surface area contributed by atoms with Crippen LogP contribution in [0.3, 0.4) is 0 Å². The van der Waals surface area contributed by atoms with Crippen molar-refractivity contribution < 1.29 is 4.79 Å². The Morgan fingerprint density at radius 3 is 2.58 bits per heavy atom. The van der Waals surface area contributed by atoms with Gasteiger partial charge in [0, 0.05) is 11.6 Å². The molecule has 0 unspecified atom stereocenters. The van der Waals surface area contributed by atoms with E-state index in [9.17, 15) is 4.79 Å². The number of nitrogens with zero attached hydrogens (tertiary/aromatic N) is 3. The molecule has 6 heteroatoms. The van der Waals surface area contributed by atoms with E-state index in [0.29, 0.717) is 6.04 Å². The maximum Gasteiger partial charge on any atom is 0.233 e. The molecule has 1 aromatic rings. The molecule has 1 N–H and O–H groups in total. The first-order valence-corrected chi connectivity index (χ1v) is 7.56. The number of hydrogen-bond acceptors (Lipinski definition) is 4. The topological polar surface area (TPSA) is 59.8 Å². The summed E-state index contributed by atoms with van der Waals surface area (Å²) in [5.74, 6) is 0.980. The molecule has 0 saturated heterocycles. The van der Waals surface area contributed by atoms with E-state index < -0.39 is 0 Å². The summed E-state index contributed by atoms with van der Waals surface area (Å²) >= 11 is 1.49. The molecule has 1 aromatic heterocycles. The van der Waals surface area contributed by atoms with Gasteiger partial charge in [0.1, 0.15) is 5.82 Å². The number of amides is 1. The highest BCUT2D eigenvalue weighted by Gasteiger charge is 2.30. The third-order valence-electron chi connectivity index (χ3n) is 2.90. The summed E-state index contributed by atoms with van der Waals surface area (Å²) in [4.78, 5) is 12.1. The Morgan fingerprint density at radius 1 is 1.42 bits per heavy atom. The lowest BCUT2D eigenvalue weighted by Gasteiger charge is -2.22. The van der Waals surface area contributed by atoms with Crippen LogP contribution in [0.5, 0.6) is 0 Å². The van der Waals surface area contributed by atoms with Crippen LogP contribution in [0, 0.1) is 6.92 Å². The van der Waals surface area contributed by atoms with Crippen molar-refractivity contribution in [2.24, 2.45) is 0 Å². The van der Waals surface area contributed by atoms with E-state index >= 15 is 0 Å². The Labute approximate surface area is 118 Å². The molecule has 1 amide bonds. The predicted molar refractivity (Wildman–Crippen MR) is 76.2 cm³/mol. The maximum atomic E-state index is 12.1. The molecular formula is C13H22N4OS.